The molecule has 0 unspecified atom stereocenters. The van der Waals surface area contributed by atoms with Crippen molar-refractivity contribution in [1.29, 1.82) is 0 Å². The lowest BCUT2D eigenvalue weighted by Crippen LogP contribution is -2.51. The van der Waals surface area contributed by atoms with Crippen LogP contribution < -0.4 is 19.1 Å². The summed E-state index contributed by atoms with van der Waals surface area (Å²) in [5.74, 6) is 0.710. The standard InChI is InChI=1S/C26H28Cl3N3O5S/c1-36-23-9-7-18(20-5-3-4-6-21(20)23)11-12-30-38(34,35)19-8-10-24(37-2)22(17-19)31-13-15-32(16-14-31)25(33)26(27,28)29/h3-10,17,30H,11-16H2,1-2H3. The molecule has 1 saturated heterocycles. The smallest absolute Gasteiger partial charge is 0.274 e. The van der Waals surface area contributed by atoms with Crippen LogP contribution in [0.3, 0.4) is 0 Å². The topological polar surface area (TPSA) is 88.2 Å². The minimum atomic E-state index is -3.80. The first-order valence-corrected chi connectivity index (χ1v) is 14.5. The Hall–Kier alpha value is -2.43. The number of alkyl halides is 3. The van der Waals surface area contributed by atoms with Crippen molar-refractivity contribution in [3.05, 3.63) is 60.2 Å². The Kier molecular flexibility index (Phi) is 8.84. The van der Waals surface area contributed by atoms with Gasteiger partial charge in [-0.2, -0.15) is 0 Å². The minimum Gasteiger partial charge on any atom is -0.496 e. The van der Waals surface area contributed by atoms with E-state index in [0.717, 1.165) is 22.1 Å². The normalized spacial score (nSPS) is 14.6. The van der Waals surface area contributed by atoms with Crippen molar-refractivity contribution < 1.29 is 22.7 Å². The number of benzene rings is 3. The summed E-state index contributed by atoms with van der Waals surface area (Å²) < 4.78 is 38.0. The molecule has 0 bridgehead atoms. The largest absolute Gasteiger partial charge is 0.496 e. The van der Waals surface area contributed by atoms with Gasteiger partial charge in [-0.25, -0.2) is 13.1 Å². The number of nitrogens with one attached hydrogen (secondary N) is 1. The number of rotatable bonds is 8. The van der Waals surface area contributed by atoms with Gasteiger partial charge in [-0.1, -0.05) is 65.1 Å². The fraction of sp³-hybridized carbons (Fsp3) is 0.346. The van der Waals surface area contributed by atoms with E-state index >= 15 is 0 Å². The quantitative estimate of drug-likeness (QED) is 0.386. The second-order valence-corrected chi connectivity index (χ2v) is 12.8. The highest BCUT2D eigenvalue weighted by Gasteiger charge is 2.36. The minimum absolute atomic E-state index is 0.118. The fourth-order valence-electron chi connectivity index (χ4n) is 4.55. The van der Waals surface area contributed by atoms with E-state index in [1.54, 1.807) is 19.2 Å². The molecule has 204 valence electrons. The number of sulfonamides is 1. The SMILES string of the molecule is COc1ccc(S(=O)(=O)NCCc2ccc(OC)c3ccccc23)cc1N1CCN(C(=O)C(Cl)(Cl)Cl)CC1. The number of hydrogen-bond acceptors (Lipinski definition) is 6. The van der Waals surface area contributed by atoms with Crippen molar-refractivity contribution in [2.75, 3.05) is 51.8 Å². The molecule has 1 aliphatic rings. The van der Waals surface area contributed by atoms with Gasteiger partial charge in [-0.15, -0.1) is 0 Å². The zero-order valence-corrected chi connectivity index (χ0v) is 24.0. The second kappa shape index (κ2) is 11.8. The van der Waals surface area contributed by atoms with Crippen LogP contribution in [0, 0.1) is 0 Å². The van der Waals surface area contributed by atoms with Crippen LogP contribution in [0.25, 0.3) is 10.8 Å². The van der Waals surface area contributed by atoms with Gasteiger partial charge in [0.2, 0.25) is 10.0 Å². The van der Waals surface area contributed by atoms with E-state index in [0.29, 0.717) is 44.0 Å². The molecule has 38 heavy (non-hydrogen) atoms. The molecule has 0 spiro atoms. The number of carbonyl (C=O) groups excluding carboxylic acids is 1. The number of fused-ring (bicyclic) bond motifs is 1. The lowest BCUT2D eigenvalue weighted by atomic mass is 10.0. The van der Waals surface area contributed by atoms with Gasteiger partial charge in [0.25, 0.3) is 9.70 Å². The Morgan fingerprint density at radius 3 is 2.18 bits per heavy atom. The molecular weight excluding hydrogens is 573 g/mol. The summed E-state index contributed by atoms with van der Waals surface area (Å²) in [5.41, 5.74) is 1.62. The zero-order chi connectivity index (χ0) is 27.5. The maximum absolute atomic E-state index is 13.2. The first-order chi connectivity index (χ1) is 18.0. The van der Waals surface area contributed by atoms with E-state index < -0.39 is 19.7 Å². The molecule has 1 heterocycles. The molecule has 0 aliphatic carbocycles. The average molecular weight is 601 g/mol. The Morgan fingerprint density at radius 2 is 1.55 bits per heavy atom. The predicted molar refractivity (Wildman–Crippen MR) is 151 cm³/mol. The van der Waals surface area contributed by atoms with E-state index in [1.165, 1.54) is 18.1 Å². The van der Waals surface area contributed by atoms with E-state index in [2.05, 4.69) is 4.72 Å². The van der Waals surface area contributed by atoms with Crippen molar-refractivity contribution in [3.8, 4) is 11.5 Å². The highest BCUT2D eigenvalue weighted by Crippen LogP contribution is 2.34. The van der Waals surface area contributed by atoms with E-state index in [1.807, 2.05) is 41.3 Å². The molecule has 3 aromatic carbocycles. The van der Waals surface area contributed by atoms with Gasteiger partial charge >= 0.3 is 0 Å². The summed E-state index contributed by atoms with van der Waals surface area (Å²) in [4.78, 5) is 15.8. The fourth-order valence-corrected chi connectivity index (χ4v) is 5.96. The third kappa shape index (κ3) is 6.24. The van der Waals surface area contributed by atoms with Crippen LogP contribution in [0.2, 0.25) is 0 Å². The van der Waals surface area contributed by atoms with Gasteiger partial charge in [0, 0.05) is 38.1 Å². The van der Waals surface area contributed by atoms with Crippen molar-refractivity contribution in [2.45, 2.75) is 15.1 Å². The first-order valence-electron chi connectivity index (χ1n) is 11.9. The third-order valence-corrected chi connectivity index (χ3v) is 8.44. The van der Waals surface area contributed by atoms with Crippen LogP contribution in [0.4, 0.5) is 5.69 Å². The molecule has 1 aliphatic heterocycles. The number of ether oxygens (including phenoxy) is 2. The van der Waals surface area contributed by atoms with Crippen molar-refractivity contribution in [2.24, 2.45) is 0 Å². The summed E-state index contributed by atoms with van der Waals surface area (Å²) in [7, 11) is -0.652. The number of amides is 1. The van der Waals surface area contributed by atoms with Crippen LogP contribution in [-0.4, -0.2) is 70.0 Å². The van der Waals surface area contributed by atoms with Crippen LogP contribution in [-0.2, 0) is 21.2 Å². The van der Waals surface area contributed by atoms with Crippen molar-refractivity contribution >= 4 is 67.2 Å². The Morgan fingerprint density at radius 1 is 0.921 bits per heavy atom. The van der Waals surface area contributed by atoms with Gasteiger partial charge in [0.15, 0.2) is 0 Å². The van der Waals surface area contributed by atoms with Gasteiger partial charge in [-0.3, -0.25) is 4.79 Å². The van der Waals surface area contributed by atoms with Crippen LogP contribution in [0.1, 0.15) is 5.56 Å². The molecule has 8 nitrogen and oxygen atoms in total. The summed E-state index contributed by atoms with van der Waals surface area (Å²) >= 11 is 17.2. The lowest BCUT2D eigenvalue weighted by Gasteiger charge is -2.37. The number of nitrogens with zero attached hydrogens (tertiary/aromatic N) is 2. The molecule has 3 aromatic rings. The van der Waals surface area contributed by atoms with Crippen LogP contribution >= 0.6 is 34.8 Å². The van der Waals surface area contributed by atoms with Crippen LogP contribution in [0.15, 0.2) is 59.5 Å². The molecule has 0 aromatic heterocycles. The van der Waals surface area contributed by atoms with Crippen molar-refractivity contribution in [1.82, 2.24) is 9.62 Å². The summed E-state index contributed by atoms with van der Waals surface area (Å²) in [6.45, 7) is 1.70. The number of carbonyl (C=O) groups is 1. The lowest BCUT2D eigenvalue weighted by molar-refractivity contribution is -0.130. The summed E-state index contributed by atoms with van der Waals surface area (Å²) in [6, 6.07) is 16.4. The van der Waals surface area contributed by atoms with Gasteiger partial charge in [0.1, 0.15) is 11.5 Å². The van der Waals surface area contributed by atoms with E-state index in [-0.39, 0.29) is 11.4 Å². The van der Waals surface area contributed by atoms with Gasteiger partial charge < -0.3 is 19.3 Å². The van der Waals surface area contributed by atoms with Crippen LogP contribution in [0.5, 0.6) is 11.5 Å². The molecule has 0 saturated carbocycles. The third-order valence-electron chi connectivity index (χ3n) is 6.49. The summed E-state index contributed by atoms with van der Waals surface area (Å²) in [6.07, 6.45) is 0.506. The highest BCUT2D eigenvalue weighted by atomic mass is 35.6. The summed E-state index contributed by atoms with van der Waals surface area (Å²) in [5, 5.41) is 2.00. The number of piperazine rings is 1. The first kappa shape index (κ1) is 28.6. The maximum atomic E-state index is 13.2. The number of halogens is 3. The zero-order valence-electron chi connectivity index (χ0n) is 20.9. The van der Waals surface area contributed by atoms with E-state index in [4.69, 9.17) is 44.3 Å². The molecular formula is C26H28Cl3N3O5S. The second-order valence-electron chi connectivity index (χ2n) is 8.73. The molecule has 1 N–H and O–H groups in total. The Balaban J connectivity index is 1.47. The van der Waals surface area contributed by atoms with Gasteiger partial charge in [-0.05, 0) is 41.6 Å². The van der Waals surface area contributed by atoms with Crippen molar-refractivity contribution in [3.63, 3.8) is 0 Å². The van der Waals surface area contributed by atoms with Gasteiger partial charge in [0.05, 0.1) is 24.8 Å². The molecule has 0 radical (unpaired) electrons. The highest BCUT2D eigenvalue weighted by molar-refractivity contribution is 7.89. The Bertz CT molecular complexity index is 1420. The molecule has 1 fully saturated rings. The molecule has 12 heteroatoms. The molecule has 4 rings (SSSR count). The number of methoxy groups -OCH3 is 2. The maximum Gasteiger partial charge on any atom is 0.274 e. The predicted octanol–water partition coefficient (Wildman–Crippen LogP) is 4.40. The molecule has 1 amide bonds. The average Bonchev–Trinajstić information content (AvgIpc) is 2.91. The number of anilines is 1. The monoisotopic (exact) mass is 599 g/mol. The Labute approximate surface area is 237 Å². The molecule has 0 atom stereocenters. The van der Waals surface area contributed by atoms with E-state index in [9.17, 15) is 13.2 Å². The number of hydrogen-bond donors (Lipinski definition) is 1.